The number of fused-ring (bicyclic) bond motifs is 1. The predicted molar refractivity (Wildman–Crippen MR) is 53.0 cm³/mol. The van der Waals surface area contributed by atoms with Gasteiger partial charge in [0.1, 0.15) is 0 Å². The van der Waals surface area contributed by atoms with E-state index in [2.05, 4.69) is 0 Å². The number of aliphatic hydroxyl groups excluding tert-OH is 1. The third-order valence-corrected chi connectivity index (χ3v) is 1.94. The van der Waals surface area contributed by atoms with E-state index in [4.69, 9.17) is 5.11 Å². The second-order valence-corrected chi connectivity index (χ2v) is 2.77. The zero-order chi connectivity index (χ0) is 9.42. The van der Waals surface area contributed by atoms with E-state index in [1.54, 1.807) is 18.2 Å². The van der Waals surface area contributed by atoms with Crippen LogP contribution in [0, 0.1) is 0 Å². The van der Waals surface area contributed by atoms with E-state index in [1.165, 1.54) is 6.07 Å². The van der Waals surface area contributed by atoms with Crippen LogP contribution in [-0.4, -0.2) is 35.5 Å². The van der Waals surface area contributed by atoms with Crippen LogP contribution in [0.15, 0.2) is 36.1 Å². The molecule has 0 saturated heterocycles. The number of rotatable bonds is 0. The number of aliphatic hydroxyl groups is 1. The third kappa shape index (κ3) is 1.52. The molecule has 4 heteroatoms. The topological polar surface area (TPSA) is 54.4 Å². The quantitative estimate of drug-likeness (QED) is 0.605. The van der Waals surface area contributed by atoms with Crippen LogP contribution in [0.3, 0.4) is 0 Å². The number of carbonyl (C=O) groups is 2. The van der Waals surface area contributed by atoms with Gasteiger partial charge < -0.3 is 5.11 Å². The molecule has 3 nitrogen and oxygen atoms in total. The number of benzene rings is 1. The molecule has 0 amide bonds. The summed E-state index contributed by atoms with van der Waals surface area (Å²) in [5, 5.41) is 9.09. The van der Waals surface area contributed by atoms with Crippen molar-refractivity contribution in [3.8, 4) is 0 Å². The number of hydrogen-bond acceptors (Lipinski definition) is 3. The zero-order valence-electron chi connectivity index (χ0n) is 6.65. The van der Waals surface area contributed by atoms with E-state index in [9.17, 15) is 9.59 Å². The Kier molecular flexibility index (Phi) is 2.95. The molecule has 0 atom stereocenters. The van der Waals surface area contributed by atoms with E-state index < -0.39 is 11.5 Å². The van der Waals surface area contributed by atoms with Gasteiger partial charge in [0.2, 0.25) is 5.78 Å². The molecule has 0 unspecified atom stereocenters. The summed E-state index contributed by atoms with van der Waals surface area (Å²) >= 11 is 0. The van der Waals surface area contributed by atoms with Gasteiger partial charge in [-0.15, -0.1) is 0 Å². The molecule has 0 heterocycles. The first-order valence-corrected chi connectivity index (χ1v) is 3.79. The molecule has 0 saturated carbocycles. The third-order valence-electron chi connectivity index (χ3n) is 1.94. The van der Waals surface area contributed by atoms with Crippen LogP contribution in [-0.2, 0) is 0 Å². The van der Waals surface area contributed by atoms with Gasteiger partial charge in [0.15, 0.2) is 11.5 Å². The van der Waals surface area contributed by atoms with Gasteiger partial charge >= 0.3 is 18.9 Å². The van der Waals surface area contributed by atoms with Crippen molar-refractivity contribution in [3.05, 3.63) is 47.2 Å². The van der Waals surface area contributed by atoms with Crippen molar-refractivity contribution in [2.45, 2.75) is 0 Å². The van der Waals surface area contributed by atoms with Crippen molar-refractivity contribution in [1.82, 2.24) is 0 Å². The first-order chi connectivity index (χ1) is 6.20. The molecular formula is C10H7LiO3. The van der Waals surface area contributed by atoms with E-state index in [0.29, 0.717) is 5.56 Å². The second kappa shape index (κ2) is 3.83. The van der Waals surface area contributed by atoms with Crippen molar-refractivity contribution in [1.29, 1.82) is 0 Å². The zero-order valence-corrected chi connectivity index (χ0v) is 6.65. The summed E-state index contributed by atoms with van der Waals surface area (Å²) in [6.07, 6.45) is 0.949. The summed E-state index contributed by atoms with van der Waals surface area (Å²) in [6.45, 7) is 0. The minimum absolute atomic E-state index is 0. The maximum atomic E-state index is 11.3. The van der Waals surface area contributed by atoms with E-state index >= 15 is 0 Å². The van der Waals surface area contributed by atoms with Crippen molar-refractivity contribution < 1.29 is 14.7 Å². The fourth-order valence-corrected chi connectivity index (χ4v) is 1.30. The molecule has 0 aliphatic heterocycles. The Morgan fingerprint density at radius 3 is 2.21 bits per heavy atom. The van der Waals surface area contributed by atoms with Gasteiger partial charge in [-0.05, 0) is 0 Å². The Labute approximate surface area is 92.6 Å². The first-order valence-electron chi connectivity index (χ1n) is 3.79. The normalized spacial score (nSPS) is 14.1. The SMILES string of the molecule is O=C1C=C(O)C(=O)c2ccccc21.[LiH]. The minimum atomic E-state index is -0.491. The van der Waals surface area contributed by atoms with Gasteiger partial charge in [0.05, 0.1) is 0 Å². The second-order valence-electron chi connectivity index (χ2n) is 2.77. The summed E-state index contributed by atoms with van der Waals surface area (Å²) in [4.78, 5) is 22.5. The van der Waals surface area contributed by atoms with Crippen molar-refractivity contribution in [2.75, 3.05) is 0 Å². The Morgan fingerprint density at radius 2 is 1.57 bits per heavy atom. The summed E-state index contributed by atoms with van der Waals surface area (Å²) in [6, 6.07) is 6.43. The van der Waals surface area contributed by atoms with Gasteiger partial charge in [0, 0.05) is 17.2 Å². The van der Waals surface area contributed by atoms with Crippen LogP contribution in [0.1, 0.15) is 20.7 Å². The summed E-state index contributed by atoms with van der Waals surface area (Å²) in [5.41, 5.74) is 0.623. The molecular weight excluding hydrogens is 175 g/mol. The molecule has 2 rings (SSSR count). The van der Waals surface area contributed by atoms with E-state index in [0.717, 1.165) is 6.08 Å². The Balaban J connectivity index is 0.000000980. The average Bonchev–Trinajstić information content (AvgIpc) is 2.15. The molecule has 0 aromatic heterocycles. The van der Waals surface area contributed by atoms with Crippen LogP contribution >= 0.6 is 0 Å². The van der Waals surface area contributed by atoms with Crippen LogP contribution in [0.5, 0.6) is 0 Å². The molecule has 0 spiro atoms. The summed E-state index contributed by atoms with van der Waals surface area (Å²) < 4.78 is 0. The van der Waals surface area contributed by atoms with Crippen LogP contribution in [0.25, 0.3) is 0 Å². The van der Waals surface area contributed by atoms with E-state index in [-0.39, 0.29) is 30.2 Å². The fraction of sp³-hybridized carbons (Fsp3) is 0. The van der Waals surface area contributed by atoms with Gasteiger partial charge in [-0.25, -0.2) is 0 Å². The standard InChI is InChI=1S/C10H6O3.Li.H/c11-8-5-9(12)10(13)7-4-2-1-3-6(7)8;;/h1-5,12H;;. The van der Waals surface area contributed by atoms with Gasteiger partial charge in [-0.1, -0.05) is 24.3 Å². The van der Waals surface area contributed by atoms with Gasteiger partial charge in [0.25, 0.3) is 0 Å². The summed E-state index contributed by atoms with van der Waals surface area (Å²) in [7, 11) is 0. The Morgan fingerprint density at radius 1 is 1.00 bits per heavy atom. The molecule has 1 aromatic carbocycles. The first kappa shape index (κ1) is 10.8. The monoisotopic (exact) mass is 182 g/mol. The predicted octanol–water partition coefficient (Wildman–Crippen LogP) is 0.859. The fourth-order valence-electron chi connectivity index (χ4n) is 1.30. The Bertz CT molecular complexity index is 435. The Hall–Kier alpha value is -1.30. The summed E-state index contributed by atoms with van der Waals surface area (Å²) in [5.74, 6) is -1.30. The molecule has 0 radical (unpaired) electrons. The number of carbonyl (C=O) groups excluding carboxylic acids is 2. The van der Waals surface area contributed by atoms with Crippen LogP contribution in [0.2, 0.25) is 0 Å². The van der Waals surface area contributed by atoms with Gasteiger partial charge in [-0.2, -0.15) is 0 Å². The number of ketones is 2. The molecule has 1 aromatic rings. The van der Waals surface area contributed by atoms with Crippen LogP contribution in [0.4, 0.5) is 0 Å². The van der Waals surface area contributed by atoms with Crippen molar-refractivity contribution in [2.24, 2.45) is 0 Å². The average molecular weight is 182 g/mol. The molecule has 1 N–H and O–H groups in total. The van der Waals surface area contributed by atoms with Gasteiger partial charge in [-0.3, -0.25) is 9.59 Å². The molecule has 0 fully saturated rings. The number of Topliss-reactive ketones (excluding diaryl/α,β-unsaturated/α-hetero) is 1. The molecule has 14 heavy (non-hydrogen) atoms. The molecule has 0 bridgehead atoms. The molecule has 66 valence electrons. The van der Waals surface area contributed by atoms with E-state index in [1.807, 2.05) is 0 Å². The number of allylic oxidation sites excluding steroid dienone is 2. The molecule has 1 aliphatic carbocycles. The number of hydrogen-bond donors (Lipinski definition) is 1. The molecule has 1 aliphatic rings. The van der Waals surface area contributed by atoms with Crippen molar-refractivity contribution in [3.63, 3.8) is 0 Å². The maximum absolute atomic E-state index is 11.3. The van der Waals surface area contributed by atoms with Crippen molar-refractivity contribution >= 4 is 30.4 Å². The van der Waals surface area contributed by atoms with Crippen LogP contribution < -0.4 is 0 Å².